The maximum Gasteiger partial charge on any atom is 0.490 e. The van der Waals surface area contributed by atoms with Crippen molar-refractivity contribution in [3.05, 3.63) is 75.3 Å². The lowest BCUT2D eigenvalue weighted by Crippen LogP contribution is -2.32. The summed E-state index contributed by atoms with van der Waals surface area (Å²) in [7, 11) is -0.741. The van der Waals surface area contributed by atoms with Crippen LogP contribution in [0.1, 0.15) is 29.5 Å². The average molecular weight is 616 g/mol. The first kappa shape index (κ1) is 34.2. The van der Waals surface area contributed by atoms with Crippen LogP contribution in [0, 0.1) is 10.1 Å². The number of carbonyl (C=O) groups is 2. The van der Waals surface area contributed by atoms with E-state index in [2.05, 4.69) is 10.3 Å². The molecule has 0 saturated carbocycles. The maximum atomic E-state index is 12.9. The molecule has 16 heteroatoms. The van der Waals surface area contributed by atoms with Gasteiger partial charge in [0.1, 0.15) is 5.84 Å². The highest BCUT2D eigenvalue weighted by Crippen LogP contribution is 2.20. The van der Waals surface area contributed by atoms with Gasteiger partial charge in [-0.3, -0.25) is 19.9 Å². The Hall–Kier alpha value is -4.05. The van der Waals surface area contributed by atoms with Gasteiger partial charge in [-0.2, -0.15) is 13.2 Å². The molecule has 12 nitrogen and oxygen atoms in total. The van der Waals surface area contributed by atoms with E-state index in [0.717, 1.165) is 34.4 Å². The van der Waals surface area contributed by atoms with Crippen molar-refractivity contribution in [1.29, 1.82) is 0 Å². The van der Waals surface area contributed by atoms with Crippen molar-refractivity contribution in [1.82, 2.24) is 14.5 Å². The topological polar surface area (TPSA) is 163 Å². The Morgan fingerprint density at radius 2 is 1.71 bits per heavy atom. The van der Waals surface area contributed by atoms with E-state index in [-0.39, 0.29) is 29.3 Å². The molecule has 0 aromatic heterocycles. The monoisotopic (exact) mass is 615 g/mol. The summed E-state index contributed by atoms with van der Waals surface area (Å²) in [5.41, 5.74) is 2.31. The van der Waals surface area contributed by atoms with E-state index in [1.54, 1.807) is 18.0 Å². The molecule has 1 heterocycles. The zero-order valence-corrected chi connectivity index (χ0v) is 23.8. The molecule has 1 aliphatic rings. The van der Waals surface area contributed by atoms with Crippen LogP contribution in [0.3, 0.4) is 0 Å². The Kier molecular flexibility index (Phi) is 12.4. The number of alkyl halides is 3. The molecule has 0 aliphatic carbocycles. The third-order valence-electron chi connectivity index (χ3n) is 6.13. The van der Waals surface area contributed by atoms with Crippen LogP contribution < -0.4 is 5.32 Å². The highest BCUT2D eigenvalue weighted by molar-refractivity contribution is 7.89. The Bertz CT molecular complexity index is 1380. The first-order valence-electron chi connectivity index (χ1n) is 12.7. The van der Waals surface area contributed by atoms with Crippen molar-refractivity contribution in [3.63, 3.8) is 0 Å². The molecule has 0 fully saturated rings. The van der Waals surface area contributed by atoms with E-state index in [4.69, 9.17) is 9.90 Å². The van der Waals surface area contributed by atoms with Crippen molar-refractivity contribution < 1.29 is 41.2 Å². The van der Waals surface area contributed by atoms with Gasteiger partial charge < -0.3 is 15.3 Å². The number of aliphatic carboxylic acids is 1. The first-order chi connectivity index (χ1) is 19.6. The number of amides is 1. The minimum atomic E-state index is -5.08. The molecular weight excluding hydrogens is 583 g/mol. The van der Waals surface area contributed by atoms with Gasteiger partial charge in [0.15, 0.2) is 0 Å². The fourth-order valence-corrected chi connectivity index (χ4v) is 5.22. The number of nitro groups is 1. The van der Waals surface area contributed by atoms with Crippen LogP contribution in [0.2, 0.25) is 0 Å². The average Bonchev–Trinajstić information content (AvgIpc) is 3.46. The van der Waals surface area contributed by atoms with Gasteiger partial charge in [-0.15, -0.1) is 0 Å². The molecule has 2 aromatic rings. The van der Waals surface area contributed by atoms with Gasteiger partial charge >= 0.3 is 12.1 Å². The number of amidine groups is 1. The fourth-order valence-electron chi connectivity index (χ4n) is 3.80. The Morgan fingerprint density at radius 1 is 1.10 bits per heavy atom. The number of nitrogens with one attached hydrogen (secondary N) is 1. The second-order valence-electron chi connectivity index (χ2n) is 9.25. The minimum absolute atomic E-state index is 0.0642. The fraction of sp³-hybridized carbons (Fsp3) is 0.423. The number of carbonyl (C=O) groups excluding carboxylic acids is 1. The number of carboxylic acids is 1. The first-order valence-corrected chi connectivity index (χ1v) is 14.1. The van der Waals surface area contributed by atoms with E-state index < -0.39 is 33.6 Å². The number of carboxylic acid groups (broad SMARTS) is 1. The zero-order chi connectivity index (χ0) is 31.5. The number of aliphatic imine (C=N–C) groups is 1. The molecule has 0 spiro atoms. The predicted molar refractivity (Wildman–Crippen MR) is 147 cm³/mol. The number of halogens is 3. The molecule has 230 valence electrons. The summed E-state index contributed by atoms with van der Waals surface area (Å²) in [6.45, 7) is 1.77. The van der Waals surface area contributed by atoms with Crippen molar-refractivity contribution >= 4 is 27.7 Å². The normalized spacial score (nSPS) is 13.0. The van der Waals surface area contributed by atoms with Gasteiger partial charge in [-0.25, -0.2) is 17.5 Å². The van der Waals surface area contributed by atoms with Gasteiger partial charge in [0.25, 0.3) is 0 Å². The van der Waals surface area contributed by atoms with Gasteiger partial charge in [0.2, 0.25) is 22.5 Å². The molecule has 1 aliphatic heterocycles. The zero-order valence-electron chi connectivity index (χ0n) is 23.0. The van der Waals surface area contributed by atoms with Crippen molar-refractivity contribution in [2.45, 2.75) is 36.9 Å². The predicted octanol–water partition coefficient (Wildman–Crippen LogP) is 2.55. The van der Waals surface area contributed by atoms with E-state index in [9.17, 15) is 36.5 Å². The maximum absolute atomic E-state index is 12.9. The molecule has 0 bridgehead atoms. The number of sulfonamides is 1. The summed E-state index contributed by atoms with van der Waals surface area (Å²) in [6.07, 6.45) is -3.82. The summed E-state index contributed by atoms with van der Waals surface area (Å²) in [5, 5.41) is 21.3. The van der Waals surface area contributed by atoms with E-state index in [1.165, 1.54) is 25.2 Å². The summed E-state index contributed by atoms with van der Waals surface area (Å²) in [6, 6.07) is 14.0. The molecule has 3 rings (SSSR count). The second kappa shape index (κ2) is 15.3. The van der Waals surface area contributed by atoms with Crippen LogP contribution >= 0.6 is 0 Å². The standard InChI is InChI=1S/C24H31N5O5S.C2HF3O2/c1-27(17-13-19-9-11-20(12-10-19)24-25-14-15-26-24)23(30)8-5-16-28(2)35(33,34)22-7-4-3-6-21(22)18-29(31)32;3-2(4,5)1(6)7/h3-4,6-7,9-12H,5,8,13-18H2,1-2H3,(H,25,26);(H,6,7). The lowest BCUT2D eigenvalue weighted by atomic mass is 10.1. The van der Waals surface area contributed by atoms with Crippen LogP contribution in [0.25, 0.3) is 0 Å². The summed E-state index contributed by atoms with van der Waals surface area (Å²) < 4.78 is 58.7. The molecule has 2 aromatic carbocycles. The van der Waals surface area contributed by atoms with Gasteiger partial charge in [0.05, 0.1) is 11.4 Å². The molecule has 0 atom stereocenters. The SMILES string of the molecule is CN(CCc1ccc(C2=NCCN2)cc1)C(=O)CCCN(C)S(=O)(=O)c1ccccc1C[N+](=O)[O-].O=C(O)C(F)(F)F. The molecule has 2 N–H and O–H groups in total. The van der Waals surface area contributed by atoms with Gasteiger partial charge in [0, 0.05) is 56.2 Å². The molecule has 0 saturated heterocycles. The van der Waals surface area contributed by atoms with Crippen LogP contribution in [0.4, 0.5) is 13.2 Å². The lowest BCUT2D eigenvalue weighted by molar-refractivity contribution is -0.497. The number of hydrogen-bond donors (Lipinski definition) is 2. The lowest BCUT2D eigenvalue weighted by Gasteiger charge is -2.20. The minimum Gasteiger partial charge on any atom is -0.475 e. The molecule has 0 unspecified atom stereocenters. The largest absolute Gasteiger partial charge is 0.490 e. The van der Waals surface area contributed by atoms with E-state index in [0.29, 0.717) is 19.4 Å². The Labute approximate surface area is 241 Å². The number of benzene rings is 2. The highest BCUT2D eigenvalue weighted by atomic mass is 32.2. The highest BCUT2D eigenvalue weighted by Gasteiger charge is 2.38. The second-order valence-corrected chi connectivity index (χ2v) is 11.3. The number of hydrogen-bond acceptors (Lipinski definition) is 8. The number of rotatable bonds is 12. The molecule has 0 radical (unpaired) electrons. The third kappa shape index (κ3) is 10.4. The van der Waals surface area contributed by atoms with Gasteiger partial charge in [-0.1, -0.05) is 42.5 Å². The van der Waals surface area contributed by atoms with Crippen LogP contribution in [-0.4, -0.2) is 91.8 Å². The summed E-state index contributed by atoms with van der Waals surface area (Å²) in [5.74, 6) is -1.91. The van der Waals surface area contributed by atoms with Crippen molar-refractivity contribution in [2.75, 3.05) is 40.3 Å². The molecular formula is C26H32F3N5O7S. The number of nitrogens with zero attached hydrogens (tertiary/aromatic N) is 4. The van der Waals surface area contributed by atoms with Gasteiger partial charge in [-0.05, 0) is 24.5 Å². The van der Waals surface area contributed by atoms with E-state index in [1.807, 2.05) is 24.3 Å². The summed E-state index contributed by atoms with van der Waals surface area (Å²) in [4.78, 5) is 37.7. The Morgan fingerprint density at radius 3 is 2.26 bits per heavy atom. The van der Waals surface area contributed by atoms with Crippen LogP contribution in [0.5, 0.6) is 0 Å². The van der Waals surface area contributed by atoms with E-state index >= 15 is 0 Å². The van der Waals surface area contributed by atoms with Crippen molar-refractivity contribution in [3.8, 4) is 0 Å². The Balaban J connectivity index is 0.000000782. The molecule has 42 heavy (non-hydrogen) atoms. The number of likely N-dealkylation sites (N-methyl/N-ethyl adjacent to an activating group) is 1. The van der Waals surface area contributed by atoms with Crippen LogP contribution in [-0.2, 0) is 32.6 Å². The quantitative estimate of drug-likeness (QED) is 0.272. The third-order valence-corrected chi connectivity index (χ3v) is 8.09. The molecule has 1 amide bonds. The van der Waals surface area contributed by atoms with Crippen molar-refractivity contribution in [2.24, 2.45) is 4.99 Å². The van der Waals surface area contributed by atoms with Crippen LogP contribution in [0.15, 0.2) is 58.4 Å². The summed E-state index contributed by atoms with van der Waals surface area (Å²) >= 11 is 0. The smallest absolute Gasteiger partial charge is 0.475 e.